The Morgan fingerprint density at radius 3 is 2.58 bits per heavy atom. The van der Waals surface area contributed by atoms with Crippen LogP contribution in [0.2, 0.25) is 0 Å². The van der Waals surface area contributed by atoms with Gasteiger partial charge in [0.1, 0.15) is 5.82 Å². The molecule has 0 spiro atoms. The van der Waals surface area contributed by atoms with Crippen molar-refractivity contribution >= 4 is 15.8 Å². The summed E-state index contributed by atoms with van der Waals surface area (Å²) in [5.41, 5.74) is 0.385. The Bertz CT molecular complexity index is 760. The van der Waals surface area contributed by atoms with E-state index >= 15 is 0 Å². The van der Waals surface area contributed by atoms with E-state index in [-0.39, 0.29) is 18.4 Å². The molecule has 0 aromatic carbocycles. The number of alkyl halides is 3. The van der Waals surface area contributed by atoms with Crippen molar-refractivity contribution in [3.05, 3.63) is 11.8 Å². The summed E-state index contributed by atoms with van der Waals surface area (Å²) >= 11 is 0. The van der Waals surface area contributed by atoms with E-state index in [0.29, 0.717) is 24.5 Å². The van der Waals surface area contributed by atoms with E-state index < -0.39 is 28.3 Å². The van der Waals surface area contributed by atoms with Gasteiger partial charge in [-0.05, 0) is 25.2 Å². The van der Waals surface area contributed by atoms with E-state index in [9.17, 15) is 21.6 Å². The van der Waals surface area contributed by atoms with Crippen LogP contribution in [0.5, 0.6) is 0 Å². The number of sulfonamides is 1. The van der Waals surface area contributed by atoms with E-state index in [1.165, 1.54) is 4.31 Å². The predicted octanol–water partition coefficient (Wildman–Crippen LogP) is 3.31. The molecule has 1 unspecified atom stereocenters. The van der Waals surface area contributed by atoms with Crippen LogP contribution in [0, 0.1) is 5.92 Å². The third-order valence-corrected chi connectivity index (χ3v) is 6.55. The van der Waals surface area contributed by atoms with Gasteiger partial charge in [0, 0.05) is 18.7 Å². The molecule has 3 atom stereocenters. The van der Waals surface area contributed by atoms with Gasteiger partial charge in [0.15, 0.2) is 6.04 Å². The van der Waals surface area contributed by atoms with Crippen molar-refractivity contribution in [2.45, 2.75) is 63.8 Å². The van der Waals surface area contributed by atoms with Crippen molar-refractivity contribution in [2.75, 3.05) is 18.1 Å². The minimum Gasteiger partial charge on any atom is -0.367 e. The third-order valence-electron chi connectivity index (χ3n) is 5.26. The summed E-state index contributed by atoms with van der Waals surface area (Å²) in [7, 11) is -3.45. The van der Waals surface area contributed by atoms with Crippen molar-refractivity contribution in [1.82, 2.24) is 14.1 Å². The molecule has 1 aromatic heterocycles. The molecule has 1 aromatic rings. The van der Waals surface area contributed by atoms with Gasteiger partial charge in [-0.1, -0.05) is 20.3 Å². The molecule has 148 valence electrons. The minimum absolute atomic E-state index is 0.0362. The number of fused-ring (bicyclic) bond motifs is 1. The van der Waals surface area contributed by atoms with Crippen molar-refractivity contribution in [3.63, 3.8) is 0 Å². The molecule has 1 saturated heterocycles. The molecular weight excluding hydrogens is 369 g/mol. The number of nitrogens with one attached hydrogen (secondary N) is 1. The average Bonchev–Trinajstić information content (AvgIpc) is 2.95. The van der Waals surface area contributed by atoms with E-state index in [4.69, 9.17) is 0 Å². The molecule has 0 radical (unpaired) electrons. The fourth-order valence-electron chi connectivity index (χ4n) is 3.82. The zero-order chi connectivity index (χ0) is 19.3. The molecule has 2 aliphatic heterocycles. The maximum Gasteiger partial charge on any atom is 0.410 e. The van der Waals surface area contributed by atoms with Crippen molar-refractivity contribution < 1.29 is 21.6 Å². The van der Waals surface area contributed by atoms with Crippen LogP contribution in [-0.2, 0) is 10.0 Å². The summed E-state index contributed by atoms with van der Waals surface area (Å²) in [4.78, 5) is 0. The first-order valence-electron chi connectivity index (χ1n) is 8.88. The van der Waals surface area contributed by atoms with Gasteiger partial charge in [-0.25, -0.2) is 13.1 Å². The number of aromatic nitrogens is 2. The lowest BCUT2D eigenvalue weighted by atomic mass is 9.94. The second kappa shape index (κ2) is 6.70. The number of piperidine rings is 1. The maximum atomic E-state index is 13.6. The number of rotatable bonds is 3. The lowest BCUT2D eigenvalue weighted by molar-refractivity contribution is -0.174. The van der Waals surface area contributed by atoms with Gasteiger partial charge in [0.05, 0.1) is 18.0 Å². The number of hydrogen-bond donors (Lipinski definition) is 1. The predicted molar refractivity (Wildman–Crippen MR) is 92.3 cm³/mol. The second-order valence-corrected chi connectivity index (χ2v) is 9.51. The number of halogens is 3. The van der Waals surface area contributed by atoms with Gasteiger partial charge in [0.2, 0.25) is 10.0 Å². The van der Waals surface area contributed by atoms with Crippen LogP contribution in [0.3, 0.4) is 0 Å². The molecule has 0 amide bonds. The van der Waals surface area contributed by atoms with Crippen LogP contribution in [0.1, 0.15) is 57.3 Å². The largest absolute Gasteiger partial charge is 0.410 e. The summed E-state index contributed by atoms with van der Waals surface area (Å²) in [6, 6.07) is -0.933. The smallest absolute Gasteiger partial charge is 0.367 e. The van der Waals surface area contributed by atoms with Crippen molar-refractivity contribution in [2.24, 2.45) is 5.92 Å². The van der Waals surface area contributed by atoms with Gasteiger partial charge in [-0.2, -0.15) is 22.6 Å². The molecule has 1 N–H and O–H groups in total. The Balaban J connectivity index is 2.00. The monoisotopic (exact) mass is 394 g/mol. The van der Waals surface area contributed by atoms with Crippen LogP contribution in [-0.4, -0.2) is 47.5 Å². The standard InChI is InChI=1S/C16H25F3N4O2S/c1-10(2)11-8-14(16(17,18)19)23-15(20-11)9-12(21-23)13-6-4-5-7-22(13)26(3,24)25/h9-11,13-14,20H,4-8H2,1-3H3/t11-,13?,14+/m0/s1. The van der Waals surface area contributed by atoms with Gasteiger partial charge in [-0.3, -0.25) is 0 Å². The van der Waals surface area contributed by atoms with Crippen molar-refractivity contribution in [3.8, 4) is 0 Å². The number of anilines is 1. The Labute approximate surface area is 151 Å². The van der Waals surface area contributed by atoms with Gasteiger partial charge in [0.25, 0.3) is 0 Å². The lowest BCUT2D eigenvalue weighted by Gasteiger charge is -2.35. The summed E-state index contributed by atoms with van der Waals surface area (Å²) in [5.74, 6) is 0.348. The zero-order valence-electron chi connectivity index (χ0n) is 15.1. The molecular formula is C16H25F3N4O2S. The van der Waals surface area contributed by atoms with Gasteiger partial charge >= 0.3 is 6.18 Å². The Kier molecular flexibility index (Phi) is 5.02. The van der Waals surface area contributed by atoms with Crippen LogP contribution in [0.4, 0.5) is 19.0 Å². The molecule has 3 rings (SSSR count). The van der Waals surface area contributed by atoms with E-state index in [1.54, 1.807) is 6.07 Å². The molecule has 0 saturated carbocycles. The molecule has 3 heterocycles. The quantitative estimate of drug-likeness (QED) is 0.854. The summed E-state index contributed by atoms with van der Waals surface area (Å²) in [6.45, 7) is 4.13. The van der Waals surface area contributed by atoms with Gasteiger partial charge in [-0.15, -0.1) is 0 Å². The number of nitrogens with zero attached hydrogens (tertiary/aromatic N) is 3. The summed E-state index contributed by atoms with van der Waals surface area (Å²) < 4.78 is 67.2. The molecule has 6 nitrogen and oxygen atoms in total. The zero-order valence-corrected chi connectivity index (χ0v) is 15.9. The fraction of sp³-hybridized carbons (Fsp3) is 0.812. The second-order valence-electron chi connectivity index (χ2n) is 7.57. The SMILES string of the molecule is CC(C)[C@@H]1C[C@H](C(F)(F)F)n2nc(C3CCCCN3S(C)(=O)=O)cc2N1. The fourth-order valence-corrected chi connectivity index (χ4v) is 4.96. The lowest BCUT2D eigenvalue weighted by Crippen LogP contribution is -2.41. The Morgan fingerprint density at radius 1 is 1.31 bits per heavy atom. The first kappa shape index (κ1) is 19.5. The highest BCUT2D eigenvalue weighted by Gasteiger charge is 2.47. The van der Waals surface area contributed by atoms with Crippen molar-refractivity contribution in [1.29, 1.82) is 0 Å². The average molecular weight is 394 g/mol. The van der Waals surface area contributed by atoms with Crippen LogP contribution < -0.4 is 5.32 Å². The highest BCUT2D eigenvalue weighted by Crippen LogP contribution is 2.42. The summed E-state index contributed by atoms with van der Waals surface area (Å²) in [5, 5.41) is 7.35. The maximum absolute atomic E-state index is 13.6. The molecule has 10 heteroatoms. The number of hydrogen-bond acceptors (Lipinski definition) is 4. The normalized spacial score (nSPS) is 28.0. The third kappa shape index (κ3) is 3.71. The highest BCUT2D eigenvalue weighted by molar-refractivity contribution is 7.88. The van der Waals surface area contributed by atoms with E-state index in [1.807, 2.05) is 13.8 Å². The topological polar surface area (TPSA) is 67.2 Å². The molecule has 0 bridgehead atoms. The van der Waals surface area contributed by atoms with Crippen LogP contribution in [0.25, 0.3) is 0 Å². The minimum atomic E-state index is -4.41. The van der Waals surface area contributed by atoms with Gasteiger partial charge < -0.3 is 5.32 Å². The van der Waals surface area contributed by atoms with Crippen LogP contribution in [0.15, 0.2) is 6.07 Å². The molecule has 0 aliphatic carbocycles. The Morgan fingerprint density at radius 2 is 2.00 bits per heavy atom. The van der Waals surface area contributed by atoms with Crippen LogP contribution >= 0.6 is 0 Å². The Hall–Kier alpha value is -1.29. The van der Waals surface area contributed by atoms with E-state index in [2.05, 4.69) is 10.4 Å². The summed E-state index contributed by atoms with van der Waals surface area (Å²) in [6.07, 6.45) is -1.23. The molecule has 2 aliphatic rings. The first-order chi connectivity index (χ1) is 12.0. The highest BCUT2D eigenvalue weighted by atomic mass is 32.2. The molecule has 26 heavy (non-hydrogen) atoms. The van der Waals surface area contributed by atoms with E-state index in [0.717, 1.165) is 23.8 Å². The first-order valence-corrected chi connectivity index (χ1v) is 10.7. The molecule has 1 fully saturated rings.